The molecule has 1 nitrogen and oxygen atoms in total. The second-order valence-electron chi connectivity index (χ2n) is 2.91. The predicted octanol–water partition coefficient (Wildman–Crippen LogP) is 3.93. The molecule has 0 aromatic heterocycles. The maximum Gasteiger partial charge on any atom is 0.408 e. The van der Waals surface area contributed by atoms with Crippen LogP contribution in [0.1, 0.15) is 17.9 Å². The molecule has 84 valence electrons. The second kappa shape index (κ2) is 4.75. The predicted molar refractivity (Wildman–Crippen MR) is 52.3 cm³/mol. The minimum Gasteiger partial charge on any atom is -0.494 e. The van der Waals surface area contributed by atoms with Crippen LogP contribution in [-0.2, 0) is 0 Å². The molecule has 1 aromatic rings. The lowest BCUT2D eigenvalue weighted by Gasteiger charge is -2.14. The highest BCUT2D eigenvalue weighted by atomic mass is 35.5. The van der Waals surface area contributed by atoms with Crippen molar-refractivity contribution in [2.75, 3.05) is 6.61 Å². The Hall–Kier alpha value is -0.900. The van der Waals surface area contributed by atoms with E-state index in [9.17, 15) is 13.2 Å². The molecule has 0 aliphatic rings. The molecule has 0 N–H and O–H groups in total. The summed E-state index contributed by atoms with van der Waals surface area (Å²) in [7, 11) is 0. The third-order valence-corrected chi connectivity index (χ3v) is 2.27. The summed E-state index contributed by atoms with van der Waals surface area (Å²) in [5.41, 5.74) is 0.0209. The van der Waals surface area contributed by atoms with Gasteiger partial charge >= 0.3 is 6.18 Å². The molecule has 1 aromatic carbocycles. The Labute approximate surface area is 90.8 Å². The van der Waals surface area contributed by atoms with E-state index in [1.165, 1.54) is 24.3 Å². The first-order chi connectivity index (χ1) is 6.95. The van der Waals surface area contributed by atoms with E-state index in [-0.39, 0.29) is 5.56 Å². The van der Waals surface area contributed by atoms with E-state index in [1.54, 1.807) is 6.92 Å². The van der Waals surface area contributed by atoms with Crippen LogP contribution in [0.4, 0.5) is 13.2 Å². The summed E-state index contributed by atoms with van der Waals surface area (Å²) in [6.45, 7) is 2.27. The fourth-order valence-electron chi connectivity index (χ4n) is 1.09. The summed E-state index contributed by atoms with van der Waals surface area (Å²) in [6.07, 6.45) is -4.42. The van der Waals surface area contributed by atoms with Crippen molar-refractivity contribution in [2.45, 2.75) is 18.5 Å². The molecule has 0 spiro atoms. The van der Waals surface area contributed by atoms with Gasteiger partial charge < -0.3 is 4.74 Å². The Morgan fingerprint density at radius 1 is 1.27 bits per heavy atom. The van der Waals surface area contributed by atoms with Gasteiger partial charge in [0.05, 0.1) is 6.61 Å². The van der Waals surface area contributed by atoms with Gasteiger partial charge in [0.2, 0.25) is 0 Å². The highest BCUT2D eigenvalue weighted by Gasteiger charge is 2.39. The van der Waals surface area contributed by atoms with Gasteiger partial charge in [-0.15, -0.1) is 11.6 Å². The molecule has 15 heavy (non-hydrogen) atoms. The Balaban J connectivity index is 2.80. The molecule has 1 rings (SSSR count). The third kappa shape index (κ3) is 3.30. The molecular formula is C10H10ClF3O. The summed E-state index contributed by atoms with van der Waals surface area (Å²) in [6, 6.07) is 5.58. The van der Waals surface area contributed by atoms with Crippen LogP contribution in [0.5, 0.6) is 5.75 Å². The zero-order chi connectivity index (χ0) is 11.5. The van der Waals surface area contributed by atoms with Crippen molar-refractivity contribution < 1.29 is 17.9 Å². The van der Waals surface area contributed by atoms with Crippen molar-refractivity contribution in [1.29, 1.82) is 0 Å². The Bertz CT molecular complexity index is 307. The Morgan fingerprint density at radius 3 is 2.20 bits per heavy atom. The number of ether oxygens (including phenoxy) is 1. The van der Waals surface area contributed by atoms with Crippen LogP contribution in [0.3, 0.4) is 0 Å². The minimum atomic E-state index is -4.42. The van der Waals surface area contributed by atoms with Crippen molar-refractivity contribution in [3.8, 4) is 5.75 Å². The first-order valence-electron chi connectivity index (χ1n) is 4.38. The molecule has 0 fully saturated rings. The minimum absolute atomic E-state index is 0.0209. The summed E-state index contributed by atoms with van der Waals surface area (Å²) in [5.74, 6) is 0.535. The van der Waals surface area contributed by atoms with E-state index in [0.717, 1.165) is 0 Å². The van der Waals surface area contributed by atoms with E-state index < -0.39 is 11.6 Å². The van der Waals surface area contributed by atoms with Gasteiger partial charge in [-0.25, -0.2) is 0 Å². The lowest BCUT2D eigenvalue weighted by Crippen LogP contribution is -2.15. The van der Waals surface area contributed by atoms with Gasteiger partial charge in [0, 0.05) is 0 Å². The van der Waals surface area contributed by atoms with Crippen LogP contribution in [0.25, 0.3) is 0 Å². The quantitative estimate of drug-likeness (QED) is 0.725. The topological polar surface area (TPSA) is 9.23 Å². The van der Waals surface area contributed by atoms with Crippen LogP contribution in [0, 0.1) is 0 Å². The van der Waals surface area contributed by atoms with Gasteiger partial charge in [-0.3, -0.25) is 0 Å². The molecule has 0 heterocycles. The van der Waals surface area contributed by atoms with Gasteiger partial charge in [-0.2, -0.15) is 13.2 Å². The van der Waals surface area contributed by atoms with Crippen molar-refractivity contribution >= 4 is 11.6 Å². The highest BCUT2D eigenvalue weighted by Crippen LogP contribution is 2.38. The first-order valence-corrected chi connectivity index (χ1v) is 4.82. The lowest BCUT2D eigenvalue weighted by molar-refractivity contribution is -0.131. The molecule has 1 atom stereocenters. The van der Waals surface area contributed by atoms with Gasteiger partial charge in [-0.05, 0) is 24.6 Å². The van der Waals surface area contributed by atoms with Crippen molar-refractivity contribution in [3.05, 3.63) is 29.8 Å². The molecule has 0 bridgehead atoms. The molecule has 0 saturated carbocycles. The van der Waals surface area contributed by atoms with Gasteiger partial charge in [0.15, 0.2) is 5.38 Å². The average molecular weight is 239 g/mol. The summed E-state index contributed by atoms with van der Waals surface area (Å²) in [5, 5.41) is -1.96. The normalized spacial score (nSPS) is 13.7. The largest absolute Gasteiger partial charge is 0.494 e. The standard InChI is InChI=1S/C10H10ClF3O/c1-2-15-8-5-3-7(4-6-8)9(11)10(12,13)14/h3-6,9H,2H2,1H3. The molecule has 0 amide bonds. The second-order valence-corrected chi connectivity index (χ2v) is 3.34. The van der Waals surface area contributed by atoms with Crippen LogP contribution in [-0.4, -0.2) is 12.8 Å². The van der Waals surface area contributed by atoms with Gasteiger partial charge in [0.25, 0.3) is 0 Å². The summed E-state index contributed by atoms with van der Waals surface area (Å²) >= 11 is 5.25. The molecular weight excluding hydrogens is 229 g/mol. The Kier molecular flexibility index (Phi) is 3.85. The van der Waals surface area contributed by atoms with Crippen LogP contribution in [0.15, 0.2) is 24.3 Å². The van der Waals surface area contributed by atoms with E-state index in [4.69, 9.17) is 16.3 Å². The molecule has 0 radical (unpaired) electrons. The van der Waals surface area contributed by atoms with E-state index in [0.29, 0.717) is 12.4 Å². The van der Waals surface area contributed by atoms with Crippen molar-refractivity contribution in [3.63, 3.8) is 0 Å². The van der Waals surface area contributed by atoms with Gasteiger partial charge in [-0.1, -0.05) is 12.1 Å². The zero-order valence-electron chi connectivity index (χ0n) is 8.01. The smallest absolute Gasteiger partial charge is 0.408 e. The number of benzene rings is 1. The van der Waals surface area contributed by atoms with E-state index in [2.05, 4.69) is 0 Å². The highest BCUT2D eigenvalue weighted by molar-refractivity contribution is 6.21. The van der Waals surface area contributed by atoms with E-state index in [1.807, 2.05) is 0 Å². The molecule has 0 aliphatic carbocycles. The number of hydrogen-bond acceptors (Lipinski definition) is 1. The number of rotatable bonds is 3. The average Bonchev–Trinajstić information content (AvgIpc) is 2.17. The summed E-state index contributed by atoms with van der Waals surface area (Å²) < 4.78 is 41.8. The fraction of sp³-hybridized carbons (Fsp3) is 0.400. The van der Waals surface area contributed by atoms with Gasteiger partial charge in [0.1, 0.15) is 5.75 Å². The number of alkyl halides is 4. The number of halogens is 4. The molecule has 0 aliphatic heterocycles. The number of hydrogen-bond donors (Lipinski definition) is 0. The van der Waals surface area contributed by atoms with E-state index >= 15 is 0 Å². The lowest BCUT2D eigenvalue weighted by atomic mass is 10.1. The molecule has 0 saturated heterocycles. The third-order valence-electron chi connectivity index (χ3n) is 1.77. The van der Waals surface area contributed by atoms with Crippen molar-refractivity contribution in [2.24, 2.45) is 0 Å². The van der Waals surface area contributed by atoms with Crippen LogP contribution >= 0.6 is 11.6 Å². The first kappa shape index (κ1) is 12.2. The van der Waals surface area contributed by atoms with Crippen molar-refractivity contribution in [1.82, 2.24) is 0 Å². The molecule has 1 unspecified atom stereocenters. The maximum atomic E-state index is 12.2. The monoisotopic (exact) mass is 238 g/mol. The van der Waals surface area contributed by atoms with Crippen LogP contribution in [0.2, 0.25) is 0 Å². The zero-order valence-corrected chi connectivity index (χ0v) is 8.77. The Morgan fingerprint density at radius 2 is 1.80 bits per heavy atom. The SMILES string of the molecule is CCOc1ccc(C(Cl)C(F)(F)F)cc1. The van der Waals surface area contributed by atoms with Crippen LogP contribution < -0.4 is 4.74 Å². The molecule has 5 heteroatoms. The fourth-order valence-corrected chi connectivity index (χ4v) is 1.23. The maximum absolute atomic E-state index is 12.2. The summed E-state index contributed by atoms with van der Waals surface area (Å²) in [4.78, 5) is 0.